The van der Waals surface area contributed by atoms with Crippen LogP contribution in [-0.2, 0) is 23.1 Å². The van der Waals surface area contributed by atoms with Crippen molar-refractivity contribution in [1.82, 2.24) is 0 Å². The lowest BCUT2D eigenvalue weighted by Gasteiger charge is -2.21. The van der Waals surface area contributed by atoms with Crippen molar-refractivity contribution in [2.24, 2.45) is 0 Å². The van der Waals surface area contributed by atoms with Gasteiger partial charge in [-0.15, -0.1) is 0 Å². The second-order valence-electron chi connectivity index (χ2n) is 4.15. The molecular formula is C12H22BrO5P. The molecule has 0 fully saturated rings. The Kier molecular flexibility index (Phi) is 8.13. The van der Waals surface area contributed by atoms with Crippen LogP contribution < -0.4 is 0 Å². The number of carbonyl (C=O) groups excluding carboxylic acids is 1. The molecule has 0 saturated heterocycles. The van der Waals surface area contributed by atoms with Crippen LogP contribution in [0.4, 0.5) is 0 Å². The highest BCUT2D eigenvalue weighted by atomic mass is 79.9. The first-order valence-electron chi connectivity index (χ1n) is 6.18. The zero-order valence-corrected chi connectivity index (χ0v) is 14.5. The molecule has 0 aromatic heterocycles. The summed E-state index contributed by atoms with van der Waals surface area (Å²) in [6.45, 7) is 9.23. The van der Waals surface area contributed by atoms with E-state index < -0.39 is 17.9 Å². The lowest BCUT2D eigenvalue weighted by atomic mass is 10.2. The average Bonchev–Trinajstić information content (AvgIpc) is 2.25. The molecule has 0 unspecified atom stereocenters. The van der Waals surface area contributed by atoms with Gasteiger partial charge in [-0.25, -0.2) is 4.79 Å². The molecule has 0 atom stereocenters. The molecule has 19 heavy (non-hydrogen) atoms. The lowest BCUT2D eigenvalue weighted by Crippen LogP contribution is -2.16. The second kappa shape index (κ2) is 8.20. The van der Waals surface area contributed by atoms with Crippen LogP contribution in [0.15, 0.2) is 11.4 Å². The maximum Gasteiger partial charge on any atom is 0.368 e. The monoisotopic (exact) mass is 356 g/mol. The maximum atomic E-state index is 12.7. The topological polar surface area (TPSA) is 61.8 Å². The molecule has 0 spiro atoms. The third-order valence-electron chi connectivity index (χ3n) is 1.86. The van der Waals surface area contributed by atoms with Gasteiger partial charge in [-0.2, -0.15) is 0 Å². The van der Waals surface area contributed by atoms with E-state index in [9.17, 15) is 9.36 Å². The molecule has 0 aliphatic rings. The summed E-state index contributed by atoms with van der Waals surface area (Å²) in [6.07, 6.45) is 1.51. The number of carbonyl (C=O) groups is 1. The molecule has 0 rings (SSSR count). The third kappa shape index (κ3) is 6.70. The minimum Gasteiger partial charge on any atom is -0.462 e. The smallest absolute Gasteiger partial charge is 0.368 e. The van der Waals surface area contributed by atoms with Crippen LogP contribution in [0, 0.1) is 0 Å². The van der Waals surface area contributed by atoms with Crippen molar-refractivity contribution in [2.75, 3.05) is 19.8 Å². The summed E-state index contributed by atoms with van der Waals surface area (Å²) in [4.78, 5) is 12.0. The van der Waals surface area contributed by atoms with E-state index in [1.807, 2.05) is 13.8 Å². The van der Waals surface area contributed by atoms with E-state index in [0.29, 0.717) is 0 Å². The van der Waals surface area contributed by atoms with Crippen LogP contribution in [-0.4, -0.2) is 30.1 Å². The summed E-state index contributed by atoms with van der Waals surface area (Å²) in [6, 6.07) is 0. The molecule has 0 aliphatic carbocycles. The number of alkyl halides is 1. The van der Waals surface area contributed by atoms with E-state index in [-0.39, 0.29) is 25.1 Å². The van der Waals surface area contributed by atoms with E-state index >= 15 is 0 Å². The normalized spacial score (nSPS) is 13.5. The summed E-state index contributed by atoms with van der Waals surface area (Å²) < 4.78 is 27.5. The van der Waals surface area contributed by atoms with Crippen molar-refractivity contribution in [2.45, 2.75) is 38.9 Å². The fourth-order valence-corrected chi connectivity index (χ4v) is 3.50. The van der Waals surface area contributed by atoms with Crippen LogP contribution in [0.3, 0.4) is 0 Å². The Morgan fingerprint density at radius 3 is 1.95 bits per heavy atom. The van der Waals surface area contributed by atoms with Crippen LogP contribution in [0.5, 0.6) is 0 Å². The fourth-order valence-electron chi connectivity index (χ4n) is 1.30. The Hall–Kier alpha value is -0.160. The number of hydrogen-bond donors (Lipinski definition) is 0. The predicted molar refractivity (Wildman–Crippen MR) is 78.6 cm³/mol. The van der Waals surface area contributed by atoms with Crippen molar-refractivity contribution in [3.05, 3.63) is 11.4 Å². The first-order valence-corrected chi connectivity index (χ1v) is 8.52. The molecule has 0 N–H and O–H groups in total. The molecule has 7 heteroatoms. The molecule has 0 amide bonds. The molecule has 0 aliphatic heterocycles. The Labute approximate surface area is 123 Å². The van der Waals surface area contributed by atoms with E-state index in [1.165, 1.54) is 6.08 Å². The third-order valence-corrected chi connectivity index (χ3v) is 4.18. The minimum absolute atomic E-state index is 0.0695. The van der Waals surface area contributed by atoms with Gasteiger partial charge in [0, 0.05) is 4.32 Å². The molecule has 0 aromatic carbocycles. The SMILES string of the molecule is CCOC(=O)/C(=C\C(C)(C)Br)P(=O)(OCC)OCC. The van der Waals surface area contributed by atoms with E-state index in [2.05, 4.69) is 15.9 Å². The van der Waals surface area contributed by atoms with Gasteiger partial charge >= 0.3 is 13.6 Å². The van der Waals surface area contributed by atoms with Gasteiger partial charge in [-0.3, -0.25) is 4.57 Å². The molecule has 0 bridgehead atoms. The molecular weight excluding hydrogens is 335 g/mol. The minimum atomic E-state index is -3.66. The Morgan fingerprint density at radius 1 is 1.16 bits per heavy atom. The van der Waals surface area contributed by atoms with Gasteiger partial charge in [0.1, 0.15) is 5.31 Å². The van der Waals surface area contributed by atoms with Crippen LogP contribution in [0.25, 0.3) is 0 Å². The fraction of sp³-hybridized carbons (Fsp3) is 0.750. The largest absolute Gasteiger partial charge is 0.462 e. The predicted octanol–water partition coefficient (Wildman–Crippen LogP) is 3.87. The van der Waals surface area contributed by atoms with Crippen molar-refractivity contribution in [3.63, 3.8) is 0 Å². The van der Waals surface area contributed by atoms with Crippen molar-refractivity contribution < 1.29 is 23.1 Å². The first-order chi connectivity index (χ1) is 8.70. The average molecular weight is 357 g/mol. The van der Waals surface area contributed by atoms with Crippen LogP contribution >= 0.6 is 23.5 Å². The summed E-state index contributed by atoms with van der Waals surface area (Å²) in [5.41, 5.74) is 0. The molecule has 0 radical (unpaired) electrons. The summed E-state index contributed by atoms with van der Waals surface area (Å²) >= 11 is 3.38. The number of esters is 1. The zero-order valence-electron chi connectivity index (χ0n) is 12.1. The van der Waals surface area contributed by atoms with Crippen molar-refractivity contribution >= 4 is 29.5 Å². The van der Waals surface area contributed by atoms with E-state index in [0.717, 1.165) is 0 Å². The molecule has 0 heterocycles. The van der Waals surface area contributed by atoms with Crippen LogP contribution in [0.1, 0.15) is 34.6 Å². The van der Waals surface area contributed by atoms with E-state index in [1.54, 1.807) is 20.8 Å². The Bertz CT molecular complexity index is 363. The van der Waals surface area contributed by atoms with Gasteiger partial charge in [0.25, 0.3) is 0 Å². The maximum absolute atomic E-state index is 12.7. The van der Waals surface area contributed by atoms with Gasteiger partial charge in [-0.05, 0) is 40.7 Å². The highest BCUT2D eigenvalue weighted by molar-refractivity contribution is 9.10. The van der Waals surface area contributed by atoms with Gasteiger partial charge < -0.3 is 13.8 Å². The zero-order chi connectivity index (χ0) is 15.1. The number of hydrogen-bond acceptors (Lipinski definition) is 5. The van der Waals surface area contributed by atoms with Crippen molar-refractivity contribution in [1.29, 1.82) is 0 Å². The quantitative estimate of drug-likeness (QED) is 0.286. The van der Waals surface area contributed by atoms with Gasteiger partial charge in [0.15, 0.2) is 0 Å². The number of ether oxygens (including phenoxy) is 1. The van der Waals surface area contributed by atoms with Crippen LogP contribution in [0.2, 0.25) is 0 Å². The van der Waals surface area contributed by atoms with Crippen molar-refractivity contribution in [3.8, 4) is 0 Å². The summed E-state index contributed by atoms with van der Waals surface area (Å²) in [5.74, 6) is -0.680. The van der Waals surface area contributed by atoms with Gasteiger partial charge in [0.2, 0.25) is 0 Å². The van der Waals surface area contributed by atoms with E-state index in [4.69, 9.17) is 13.8 Å². The number of rotatable bonds is 8. The summed E-state index contributed by atoms with van der Waals surface area (Å²) in [7, 11) is -3.66. The molecule has 112 valence electrons. The number of halogens is 1. The molecule has 0 saturated carbocycles. The first kappa shape index (κ1) is 18.8. The molecule has 0 aromatic rings. The Balaban J connectivity index is 5.60. The standard InChI is InChI=1S/C12H22BrO5P/c1-6-16-11(14)10(9-12(4,5)13)19(15,17-7-2)18-8-3/h9H,6-8H2,1-5H3/b10-9+. The van der Waals surface area contributed by atoms with Gasteiger partial charge in [0.05, 0.1) is 19.8 Å². The van der Waals surface area contributed by atoms with Gasteiger partial charge in [-0.1, -0.05) is 15.9 Å². The number of allylic oxidation sites excluding steroid dienone is 1. The molecule has 5 nitrogen and oxygen atoms in total. The summed E-state index contributed by atoms with van der Waals surface area (Å²) in [5, 5.41) is -0.0695. The lowest BCUT2D eigenvalue weighted by molar-refractivity contribution is -0.137. The second-order valence-corrected chi connectivity index (χ2v) is 8.18. The highest BCUT2D eigenvalue weighted by Crippen LogP contribution is 2.57. The highest BCUT2D eigenvalue weighted by Gasteiger charge is 2.37. The Morgan fingerprint density at radius 2 is 1.63 bits per heavy atom.